The number of ether oxygens (including phenoxy) is 1. The van der Waals surface area contributed by atoms with Gasteiger partial charge in [0.25, 0.3) is 0 Å². The lowest BCUT2D eigenvalue weighted by atomic mass is 9.89. The predicted molar refractivity (Wildman–Crippen MR) is 168 cm³/mol. The largest absolute Gasteiger partial charge is 0.489 e. The van der Waals surface area contributed by atoms with Crippen molar-refractivity contribution in [3.05, 3.63) is 107 Å². The van der Waals surface area contributed by atoms with Gasteiger partial charge in [0.15, 0.2) is 5.82 Å². The van der Waals surface area contributed by atoms with Crippen LogP contribution in [-0.2, 0) is 22.6 Å². The molecule has 0 spiro atoms. The predicted octanol–water partition coefficient (Wildman–Crippen LogP) is 4.27. The van der Waals surface area contributed by atoms with Crippen LogP contribution in [0.3, 0.4) is 0 Å². The maximum absolute atomic E-state index is 14.4. The third-order valence-electron chi connectivity index (χ3n) is 8.12. The van der Waals surface area contributed by atoms with Gasteiger partial charge < -0.3 is 15.0 Å². The van der Waals surface area contributed by atoms with Gasteiger partial charge in [0.1, 0.15) is 24.3 Å². The van der Waals surface area contributed by atoms with E-state index >= 15 is 0 Å². The number of carbonyl (C=O) groups is 2. The first-order valence-electron chi connectivity index (χ1n) is 15.2. The minimum atomic E-state index is -0.820. The smallest absolute Gasteiger partial charge is 0.247 e. The second-order valence-corrected chi connectivity index (χ2v) is 11.6. The highest BCUT2D eigenvalue weighted by Gasteiger charge is 2.40. The van der Waals surface area contributed by atoms with Gasteiger partial charge in [-0.05, 0) is 68.5 Å². The zero-order valence-electron chi connectivity index (χ0n) is 25.8. The summed E-state index contributed by atoms with van der Waals surface area (Å²) in [7, 11) is 0. The fourth-order valence-corrected chi connectivity index (χ4v) is 5.98. The number of H-pyrrole nitrogens is 1. The van der Waals surface area contributed by atoms with Gasteiger partial charge in [0.05, 0.1) is 0 Å². The Kier molecular flexibility index (Phi) is 10.0. The van der Waals surface area contributed by atoms with Gasteiger partial charge in [-0.25, -0.2) is 0 Å². The first-order chi connectivity index (χ1) is 21.3. The van der Waals surface area contributed by atoms with Crippen molar-refractivity contribution in [3.8, 4) is 5.75 Å². The van der Waals surface area contributed by atoms with Crippen LogP contribution in [0, 0.1) is 0 Å². The Labute approximate surface area is 258 Å². The number of carbonyl (C=O) groups excluding carboxylic acids is 2. The second-order valence-electron chi connectivity index (χ2n) is 11.6. The molecule has 5 rings (SSSR count). The SMILES string of the molecule is CC(C)N(CCNC(=O)C1c2ccc(OCc3ccccc3)cc2CCN1C(=O)C(c1ccccc1)c1nn[nH]n1)C(C)C. The molecule has 2 N–H and O–H groups in total. The van der Waals surface area contributed by atoms with Crippen molar-refractivity contribution in [2.24, 2.45) is 0 Å². The number of nitrogens with one attached hydrogen (secondary N) is 2. The Balaban J connectivity index is 1.43. The number of aromatic amines is 1. The van der Waals surface area contributed by atoms with Crippen LogP contribution in [0.1, 0.15) is 67.7 Å². The van der Waals surface area contributed by atoms with Gasteiger partial charge in [-0.1, -0.05) is 71.9 Å². The standard InChI is InChI=1S/C34H41N7O3/c1-23(2)40(24(3)4)20-18-35-33(42)31-29-16-15-28(44-22-25-11-7-5-8-12-25)21-27(29)17-19-41(31)34(43)30(32-36-38-39-37-32)26-13-9-6-10-14-26/h5-16,21,23-24,30-31H,17-20,22H2,1-4H3,(H,35,42)(H,36,37,38,39). The molecule has 2 unspecified atom stereocenters. The summed E-state index contributed by atoms with van der Waals surface area (Å²) in [4.78, 5) is 32.4. The Hall–Kier alpha value is -4.57. The van der Waals surface area contributed by atoms with Crippen LogP contribution in [0.4, 0.5) is 0 Å². The van der Waals surface area contributed by atoms with E-state index in [9.17, 15) is 9.59 Å². The minimum Gasteiger partial charge on any atom is -0.489 e. The quantitative estimate of drug-likeness (QED) is 0.251. The van der Waals surface area contributed by atoms with Gasteiger partial charge in [-0.2, -0.15) is 5.21 Å². The number of hydrogen-bond acceptors (Lipinski definition) is 7. The zero-order valence-corrected chi connectivity index (χ0v) is 25.8. The molecule has 0 fully saturated rings. The van der Waals surface area contributed by atoms with Crippen molar-refractivity contribution in [1.29, 1.82) is 0 Å². The van der Waals surface area contributed by atoms with E-state index in [1.54, 1.807) is 4.90 Å². The van der Waals surface area contributed by atoms with Crippen LogP contribution < -0.4 is 10.1 Å². The van der Waals surface area contributed by atoms with Crippen LogP contribution >= 0.6 is 0 Å². The van der Waals surface area contributed by atoms with Gasteiger partial charge in [0.2, 0.25) is 11.8 Å². The summed E-state index contributed by atoms with van der Waals surface area (Å²) >= 11 is 0. The topological polar surface area (TPSA) is 116 Å². The lowest BCUT2D eigenvalue weighted by Gasteiger charge is -2.38. The Morgan fingerprint density at radius 2 is 1.70 bits per heavy atom. The molecule has 0 aliphatic carbocycles. The number of fused-ring (bicyclic) bond motifs is 1. The van der Waals surface area contributed by atoms with Crippen molar-refractivity contribution in [2.75, 3.05) is 19.6 Å². The van der Waals surface area contributed by atoms with Crippen molar-refractivity contribution in [2.45, 2.75) is 64.8 Å². The van der Waals surface area contributed by atoms with Crippen molar-refractivity contribution >= 4 is 11.8 Å². The summed E-state index contributed by atoms with van der Waals surface area (Å²) in [6.07, 6.45) is 0.579. The van der Waals surface area contributed by atoms with Crippen LogP contribution in [-0.4, -0.2) is 74.0 Å². The molecule has 1 aliphatic rings. The van der Waals surface area contributed by atoms with E-state index in [1.165, 1.54) is 0 Å². The highest BCUT2D eigenvalue weighted by Crippen LogP contribution is 2.36. The maximum Gasteiger partial charge on any atom is 0.247 e. The van der Waals surface area contributed by atoms with E-state index in [0.717, 1.165) is 28.0 Å². The molecule has 0 saturated heterocycles. The van der Waals surface area contributed by atoms with E-state index in [4.69, 9.17) is 4.74 Å². The maximum atomic E-state index is 14.4. The number of benzene rings is 3. The molecule has 4 aromatic rings. The lowest BCUT2D eigenvalue weighted by Crippen LogP contribution is -2.50. The zero-order chi connectivity index (χ0) is 31.1. The van der Waals surface area contributed by atoms with E-state index in [0.29, 0.717) is 44.7 Å². The normalized spacial score (nSPS) is 15.3. The highest BCUT2D eigenvalue weighted by atomic mass is 16.5. The molecule has 0 saturated carbocycles. The molecule has 230 valence electrons. The van der Waals surface area contributed by atoms with E-state index in [2.05, 4.69) is 58.5 Å². The highest BCUT2D eigenvalue weighted by molar-refractivity contribution is 5.93. The van der Waals surface area contributed by atoms with Gasteiger partial charge in [0, 0.05) is 31.7 Å². The molecule has 2 atom stereocenters. The molecule has 1 aliphatic heterocycles. The van der Waals surface area contributed by atoms with Gasteiger partial charge in [-0.3, -0.25) is 14.5 Å². The molecular formula is C34H41N7O3. The Morgan fingerprint density at radius 3 is 2.36 bits per heavy atom. The number of aromatic nitrogens is 4. The number of tetrazole rings is 1. The van der Waals surface area contributed by atoms with Gasteiger partial charge >= 0.3 is 0 Å². The summed E-state index contributed by atoms with van der Waals surface area (Å²) in [6.45, 7) is 10.6. The summed E-state index contributed by atoms with van der Waals surface area (Å²) in [5.41, 5.74) is 3.59. The fraction of sp³-hybridized carbons (Fsp3) is 0.382. The summed E-state index contributed by atoms with van der Waals surface area (Å²) < 4.78 is 6.10. The molecule has 10 heteroatoms. The van der Waals surface area contributed by atoms with Crippen LogP contribution in [0.2, 0.25) is 0 Å². The molecule has 44 heavy (non-hydrogen) atoms. The second kappa shape index (κ2) is 14.3. The first kappa shape index (κ1) is 30.9. The molecular weight excluding hydrogens is 554 g/mol. The third-order valence-corrected chi connectivity index (χ3v) is 8.12. The summed E-state index contributed by atoms with van der Waals surface area (Å²) in [5, 5.41) is 17.7. The number of nitrogens with zero attached hydrogens (tertiary/aromatic N) is 5. The number of rotatable bonds is 12. The Morgan fingerprint density at radius 1 is 1.00 bits per heavy atom. The van der Waals surface area contributed by atoms with E-state index in [1.807, 2.05) is 78.9 Å². The fourth-order valence-electron chi connectivity index (χ4n) is 5.98. The molecule has 2 heterocycles. The summed E-state index contributed by atoms with van der Waals surface area (Å²) in [6, 6.07) is 25.0. The molecule has 2 amide bonds. The molecule has 1 aromatic heterocycles. The van der Waals surface area contributed by atoms with Crippen LogP contribution in [0.25, 0.3) is 0 Å². The van der Waals surface area contributed by atoms with E-state index < -0.39 is 12.0 Å². The molecule has 0 radical (unpaired) electrons. The third kappa shape index (κ3) is 7.14. The van der Waals surface area contributed by atoms with Crippen LogP contribution in [0.15, 0.2) is 78.9 Å². The first-order valence-corrected chi connectivity index (χ1v) is 15.2. The number of hydrogen-bond donors (Lipinski definition) is 2. The Bertz CT molecular complexity index is 1500. The van der Waals surface area contributed by atoms with Crippen molar-refractivity contribution in [1.82, 2.24) is 35.7 Å². The van der Waals surface area contributed by atoms with Crippen LogP contribution in [0.5, 0.6) is 5.75 Å². The average molecular weight is 596 g/mol. The number of amides is 2. The lowest BCUT2D eigenvalue weighted by molar-refractivity contribution is -0.142. The molecule has 3 aromatic carbocycles. The minimum absolute atomic E-state index is 0.218. The average Bonchev–Trinajstić information content (AvgIpc) is 3.56. The monoisotopic (exact) mass is 595 g/mol. The summed E-state index contributed by atoms with van der Waals surface area (Å²) in [5.74, 6) is -0.286. The van der Waals surface area contributed by atoms with E-state index in [-0.39, 0.29) is 17.6 Å². The van der Waals surface area contributed by atoms with Crippen molar-refractivity contribution in [3.63, 3.8) is 0 Å². The van der Waals surface area contributed by atoms with Gasteiger partial charge in [-0.15, -0.1) is 10.2 Å². The molecule has 10 nitrogen and oxygen atoms in total. The molecule has 0 bridgehead atoms. The van der Waals surface area contributed by atoms with Crippen molar-refractivity contribution < 1.29 is 14.3 Å².